The zero-order valence-electron chi connectivity index (χ0n) is 14.0. The molecule has 1 heterocycles. The topological polar surface area (TPSA) is 105 Å². The van der Waals surface area contributed by atoms with Gasteiger partial charge < -0.3 is 18.9 Å². The summed E-state index contributed by atoms with van der Waals surface area (Å²) in [6, 6.07) is 2.76. The van der Waals surface area contributed by atoms with Gasteiger partial charge in [-0.1, -0.05) is 0 Å². The molecule has 1 aromatic rings. The molecule has 0 N–H and O–H groups in total. The van der Waals surface area contributed by atoms with Crippen molar-refractivity contribution in [2.45, 2.75) is 32.5 Å². The van der Waals surface area contributed by atoms with E-state index in [9.17, 15) is 19.2 Å². The standard InChI is InChI=1S/C17H18O8/c1-22-16(20)12-6-10-8-24-14(18)4-3-5-15(19)25-9-11(10)7-13(12)17(21)23-2/h6-7H,3-5,8-9H2,1-2H3. The molecule has 0 amide bonds. The highest BCUT2D eigenvalue weighted by molar-refractivity contribution is 6.03. The molecule has 0 saturated carbocycles. The lowest BCUT2D eigenvalue weighted by atomic mass is 9.98. The molecular formula is C17H18O8. The fourth-order valence-corrected chi connectivity index (χ4v) is 2.35. The summed E-state index contributed by atoms with van der Waals surface area (Å²) in [4.78, 5) is 47.3. The molecule has 0 unspecified atom stereocenters. The Bertz CT molecular complexity index is 648. The highest BCUT2D eigenvalue weighted by atomic mass is 16.5. The van der Waals surface area contributed by atoms with Crippen LogP contribution in [0.1, 0.15) is 51.1 Å². The van der Waals surface area contributed by atoms with Gasteiger partial charge in [0.15, 0.2) is 0 Å². The first kappa shape index (κ1) is 18.4. The Balaban J connectivity index is 2.49. The van der Waals surface area contributed by atoms with Crippen molar-refractivity contribution < 1.29 is 38.1 Å². The van der Waals surface area contributed by atoms with Gasteiger partial charge in [0.05, 0.1) is 25.3 Å². The molecular weight excluding hydrogens is 332 g/mol. The van der Waals surface area contributed by atoms with Crippen molar-refractivity contribution >= 4 is 23.9 Å². The minimum absolute atomic E-state index is 0.0228. The molecule has 8 heteroatoms. The van der Waals surface area contributed by atoms with Crippen LogP contribution in [0.2, 0.25) is 0 Å². The van der Waals surface area contributed by atoms with E-state index in [1.54, 1.807) is 0 Å². The number of fused-ring (bicyclic) bond motifs is 1. The van der Waals surface area contributed by atoms with Crippen LogP contribution in [0.25, 0.3) is 0 Å². The molecule has 0 aliphatic carbocycles. The Labute approximate surface area is 144 Å². The maximum absolute atomic E-state index is 12.0. The summed E-state index contributed by atoms with van der Waals surface area (Å²) in [6.45, 7) is -0.228. The Kier molecular flexibility index (Phi) is 6.10. The second-order valence-electron chi connectivity index (χ2n) is 5.32. The highest BCUT2D eigenvalue weighted by Crippen LogP contribution is 2.22. The Hall–Kier alpha value is -2.90. The van der Waals surface area contributed by atoms with E-state index in [0.29, 0.717) is 17.5 Å². The van der Waals surface area contributed by atoms with Crippen molar-refractivity contribution in [3.05, 3.63) is 34.4 Å². The molecule has 0 saturated heterocycles. The second kappa shape index (κ2) is 8.27. The quantitative estimate of drug-likeness (QED) is 0.584. The van der Waals surface area contributed by atoms with Crippen molar-refractivity contribution in [2.24, 2.45) is 0 Å². The van der Waals surface area contributed by atoms with Crippen LogP contribution in [0.5, 0.6) is 0 Å². The number of cyclic esters (lactones) is 2. The third-order valence-corrected chi connectivity index (χ3v) is 3.69. The second-order valence-corrected chi connectivity index (χ2v) is 5.32. The SMILES string of the molecule is COC(=O)c1cc2c(cc1C(=O)OC)COC(=O)CCCC(=O)OC2. The average Bonchev–Trinajstić information content (AvgIpc) is 2.65. The van der Waals surface area contributed by atoms with Crippen molar-refractivity contribution in [3.8, 4) is 0 Å². The van der Waals surface area contributed by atoms with Gasteiger partial charge in [-0.3, -0.25) is 9.59 Å². The maximum atomic E-state index is 12.0. The predicted octanol–water partition coefficient (Wildman–Crippen LogP) is 1.53. The number of carbonyl (C=O) groups excluding carboxylic acids is 4. The minimum Gasteiger partial charge on any atom is -0.465 e. The summed E-state index contributed by atoms with van der Waals surface area (Å²) < 4.78 is 19.7. The first-order chi connectivity index (χ1) is 12.0. The molecule has 0 spiro atoms. The summed E-state index contributed by atoms with van der Waals surface area (Å²) in [5, 5.41) is 0. The molecule has 0 fully saturated rings. The normalized spacial score (nSPS) is 15.1. The average molecular weight is 350 g/mol. The summed E-state index contributed by atoms with van der Waals surface area (Å²) >= 11 is 0. The van der Waals surface area contributed by atoms with Crippen molar-refractivity contribution in [3.63, 3.8) is 0 Å². The van der Waals surface area contributed by atoms with Gasteiger partial charge in [0.2, 0.25) is 0 Å². The fourth-order valence-electron chi connectivity index (χ4n) is 2.35. The number of rotatable bonds is 2. The molecule has 134 valence electrons. The van der Waals surface area contributed by atoms with Gasteiger partial charge in [-0.05, 0) is 29.7 Å². The molecule has 0 atom stereocenters. The highest BCUT2D eigenvalue weighted by Gasteiger charge is 2.23. The first-order valence-electron chi connectivity index (χ1n) is 7.60. The summed E-state index contributed by atoms with van der Waals surface area (Å²) in [5.74, 6) is -2.39. The minimum atomic E-state index is -0.735. The number of benzene rings is 1. The van der Waals surface area contributed by atoms with Gasteiger partial charge in [0, 0.05) is 12.8 Å². The molecule has 25 heavy (non-hydrogen) atoms. The van der Waals surface area contributed by atoms with Crippen molar-refractivity contribution in [1.82, 2.24) is 0 Å². The van der Waals surface area contributed by atoms with Gasteiger partial charge in [-0.25, -0.2) is 9.59 Å². The molecule has 1 aliphatic rings. The monoisotopic (exact) mass is 350 g/mol. The largest absolute Gasteiger partial charge is 0.465 e. The van der Waals surface area contributed by atoms with Crippen LogP contribution in [0, 0.1) is 0 Å². The van der Waals surface area contributed by atoms with Crippen LogP contribution in [0.4, 0.5) is 0 Å². The fraction of sp³-hybridized carbons (Fsp3) is 0.412. The van der Waals surface area contributed by atoms with E-state index in [2.05, 4.69) is 9.47 Å². The van der Waals surface area contributed by atoms with Gasteiger partial charge in [-0.2, -0.15) is 0 Å². The number of ether oxygens (including phenoxy) is 4. The summed E-state index contributed by atoms with van der Waals surface area (Å²) in [5.41, 5.74) is 0.836. The van der Waals surface area contributed by atoms with Crippen LogP contribution in [-0.2, 0) is 41.8 Å². The van der Waals surface area contributed by atoms with Crippen LogP contribution in [-0.4, -0.2) is 38.1 Å². The number of carbonyl (C=O) groups is 4. The molecule has 0 bridgehead atoms. The van der Waals surface area contributed by atoms with Crippen LogP contribution >= 0.6 is 0 Å². The van der Waals surface area contributed by atoms with E-state index in [4.69, 9.17) is 9.47 Å². The third-order valence-electron chi connectivity index (χ3n) is 3.69. The van der Waals surface area contributed by atoms with E-state index < -0.39 is 23.9 Å². The molecule has 2 rings (SSSR count). The molecule has 8 nitrogen and oxygen atoms in total. The molecule has 1 aliphatic heterocycles. The lowest BCUT2D eigenvalue weighted by Crippen LogP contribution is -2.15. The smallest absolute Gasteiger partial charge is 0.338 e. The first-order valence-corrected chi connectivity index (χ1v) is 7.60. The maximum Gasteiger partial charge on any atom is 0.338 e. The van der Waals surface area contributed by atoms with E-state index >= 15 is 0 Å². The van der Waals surface area contributed by atoms with Gasteiger partial charge in [0.25, 0.3) is 0 Å². The van der Waals surface area contributed by atoms with E-state index in [-0.39, 0.29) is 37.2 Å². The number of esters is 4. The van der Waals surface area contributed by atoms with E-state index in [1.165, 1.54) is 26.4 Å². The Morgan fingerprint density at radius 2 is 1.24 bits per heavy atom. The van der Waals surface area contributed by atoms with Crippen molar-refractivity contribution in [2.75, 3.05) is 14.2 Å². The summed E-state index contributed by atoms with van der Waals surface area (Å²) in [7, 11) is 2.36. The van der Waals surface area contributed by atoms with Crippen molar-refractivity contribution in [1.29, 1.82) is 0 Å². The van der Waals surface area contributed by atoms with E-state index in [0.717, 1.165) is 0 Å². The number of hydrogen-bond acceptors (Lipinski definition) is 8. The Morgan fingerprint density at radius 3 is 1.60 bits per heavy atom. The van der Waals surface area contributed by atoms with E-state index in [1.807, 2.05) is 0 Å². The van der Waals surface area contributed by atoms with Crippen LogP contribution < -0.4 is 0 Å². The zero-order chi connectivity index (χ0) is 18.4. The van der Waals surface area contributed by atoms with Crippen LogP contribution in [0.15, 0.2) is 12.1 Å². The van der Waals surface area contributed by atoms with Gasteiger partial charge in [-0.15, -0.1) is 0 Å². The zero-order valence-corrected chi connectivity index (χ0v) is 14.0. The molecule has 0 aromatic heterocycles. The Morgan fingerprint density at radius 1 is 0.840 bits per heavy atom. The van der Waals surface area contributed by atoms with Gasteiger partial charge >= 0.3 is 23.9 Å². The van der Waals surface area contributed by atoms with Gasteiger partial charge in [0.1, 0.15) is 13.2 Å². The predicted molar refractivity (Wildman–Crippen MR) is 82.6 cm³/mol. The molecule has 1 aromatic carbocycles. The lowest BCUT2D eigenvalue weighted by Gasteiger charge is -2.14. The number of methoxy groups -OCH3 is 2. The lowest BCUT2D eigenvalue weighted by molar-refractivity contribution is -0.146. The van der Waals surface area contributed by atoms with Crippen LogP contribution in [0.3, 0.4) is 0 Å². The third kappa shape index (κ3) is 4.56. The summed E-state index contributed by atoms with van der Waals surface area (Å²) in [6.07, 6.45) is 0.512. The number of hydrogen-bond donors (Lipinski definition) is 0. The molecule has 0 radical (unpaired) electrons.